The topological polar surface area (TPSA) is 79.2 Å². The molecule has 0 bridgehead atoms. The molecule has 1 aromatic heterocycles. The Labute approximate surface area is 137 Å². The van der Waals surface area contributed by atoms with Gasteiger partial charge in [0.15, 0.2) is 0 Å². The highest BCUT2D eigenvalue weighted by atomic mass is 16.3. The molecule has 6 heteroatoms. The van der Waals surface area contributed by atoms with Crippen LogP contribution in [-0.2, 0) is 13.0 Å². The van der Waals surface area contributed by atoms with Crippen molar-refractivity contribution in [3.05, 3.63) is 17.5 Å². The fourth-order valence-electron chi connectivity index (χ4n) is 3.96. The zero-order valence-corrected chi connectivity index (χ0v) is 13.9. The van der Waals surface area contributed by atoms with Gasteiger partial charge in [-0.1, -0.05) is 19.8 Å². The van der Waals surface area contributed by atoms with Gasteiger partial charge in [-0.3, -0.25) is 4.68 Å². The second-order valence-electron chi connectivity index (χ2n) is 6.92. The Hall–Kier alpha value is -1.56. The van der Waals surface area contributed by atoms with E-state index in [1.807, 2.05) is 10.9 Å². The molecule has 0 saturated heterocycles. The highest BCUT2D eigenvalue weighted by molar-refractivity contribution is 5.75. The van der Waals surface area contributed by atoms with Crippen molar-refractivity contribution in [3.63, 3.8) is 0 Å². The summed E-state index contributed by atoms with van der Waals surface area (Å²) in [5.41, 5.74) is 2.26. The van der Waals surface area contributed by atoms with E-state index < -0.39 is 0 Å². The van der Waals surface area contributed by atoms with Crippen LogP contribution >= 0.6 is 0 Å². The van der Waals surface area contributed by atoms with Crippen molar-refractivity contribution < 1.29 is 9.90 Å². The number of hydrogen-bond donors (Lipinski definition) is 3. The summed E-state index contributed by atoms with van der Waals surface area (Å²) in [6.45, 7) is 2.84. The number of nitrogens with one attached hydrogen (secondary N) is 2. The molecule has 23 heavy (non-hydrogen) atoms. The van der Waals surface area contributed by atoms with Crippen LogP contribution in [0.15, 0.2) is 6.20 Å². The Bertz CT molecular complexity index is 543. The fraction of sp³-hybridized carbons (Fsp3) is 0.765. The molecule has 0 spiro atoms. The predicted octanol–water partition coefficient (Wildman–Crippen LogP) is 2.13. The van der Waals surface area contributed by atoms with E-state index in [1.54, 1.807) is 0 Å². The van der Waals surface area contributed by atoms with E-state index in [0.717, 1.165) is 36.9 Å². The lowest BCUT2D eigenvalue weighted by atomic mass is 9.86. The van der Waals surface area contributed by atoms with Crippen LogP contribution in [0, 0.1) is 5.92 Å². The molecule has 0 radical (unpaired) electrons. The molecule has 0 unspecified atom stereocenters. The number of fused-ring (bicyclic) bond motifs is 1. The van der Waals surface area contributed by atoms with Gasteiger partial charge in [0.1, 0.15) is 0 Å². The monoisotopic (exact) mass is 320 g/mol. The second-order valence-corrected chi connectivity index (χ2v) is 6.92. The average molecular weight is 320 g/mol. The lowest BCUT2D eigenvalue weighted by Gasteiger charge is -2.31. The lowest BCUT2D eigenvalue weighted by Crippen LogP contribution is -2.47. The van der Waals surface area contributed by atoms with E-state index in [2.05, 4.69) is 22.7 Å². The second kappa shape index (κ2) is 7.34. The maximum absolute atomic E-state index is 12.4. The number of aliphatic hydroxyl groups excluding tert-OH is 1. The van der Waals surface area contributed by atoms with Crippen LogP contribution < -0.4 is 10.6 Å². The molecule has 6 nitrogen and oxygen atoms in total. The van der Waals surface area contributed by atoms with Gasteiger partial charge in [0.25, 0.3) is 0 Å². The Kier molecular flexibility index (Phi) is 5.20. The Morgan fingerprint density at radius 2 is 2.13 bits per heavy atom. The van der Waals surface area contributed by atoms with Crippen molar-refractivity contribution >= 4 is 6.03 Å². The van der Waals surface area contributed by atoms with Crippen LogP contribution in [0.4, 0.5) is 4.79 Å². The van der Waals surface area contributed by atoms with E-state index in [1.165, 1.54) is 19.3 Å². The normalized spacial score (nSPS) is 27.3. The van der Waals surface area contributed by atoms with Gasteiger partial charge >= 0.3 is 6.03 Å². The molecule has 3 atom stereocenters. The van der Waals surface area contributed by atoms with Gasteiger partial charge in [-0.2, -0.15) is 5.10 Å². The van der Waals surface area contributed by atoms with E-state index in [0.29, 0.717) is 18.5 Å². The molecule has 2 aliphatic carbocycles. The summed E-state index contributed by atoms with van der Waals surface area (Å²) in [5.74, 6) is 0.559. The molecule has 2 aliphatic rings. The number of carbonyl (C=O) groups is 1. The molecule has 3 N–H and O–H groups in total. The number of carbonyl (C=O) groups excluding carboxylic acids is 1. The summed E-state index contributed by atoms with van der Waals surface area (Å²) in [5, 5.41) is 19.8. The smallest absolute Gasteiger partial charge is 0.315 e. The largest absolute Gasteiger partial charge is 0.394 e. The van der Waals surface area contributed by atoms with Crippen LogP contribution in [0.3, 0.4) is 0 Å². The fourth-order valence-corrected chi connectivity index (χ4v) is 3.96. The van der Waals surface area contributed by atoms with Crippen molar-refractivity contribution in [2.75, 3.05) is 6.61 Å². The number of urea groups is 1. The molecule has 0 aliphatic heterocycles. The van der Waals surface area contributed by atoms with Gasteiger partial charge in [-0.25, -0.2) is 4.79 Å². The van der Waals surface area contributed by atoms with E-state index in [4.69, 9.17) is 5.11 Å². The number of nitrogens with zero attached hydrogens (tertiary/aromatic N) is 2. The molecular formula is C17H28N4O2. The summed E-state index contributed by atoms with van der Waals surface area (Å²) in [6, 6.07) is 0.269. The maximum atomic E-state index is 12.4. The minimum atomic E-state index is -0.0588. The first-order valence-corrected chi connectivity index (χ1v) is 8.91. The first-order valence-electron chi connectivity index (χ1n) is 8.91. The van der Waals surface area contributed by atoms with Crippen LogP contribution in [-0.4, -0.2) is 33.6 Å². The zero-order chi connectivity index (χ0) is 16.2. The maximum Gasteiger partial charge on any atom is 0.315 e. The van der Waals surface area contributed by atoms with Crippen LogP contribution in [0.2, 0.25) is 0 Å². The van der Waals surface area contributed by atoms with Crippen LogP contribution in [0.25, 0.3) is 0 Å². The molecule has 0 aromatic carbocycles. The highest BCUT2D eigenvalue weighted by Crippen LogP contribution is 2.30. The Morgan fingerprint density at radius 3 is 2.91 bits per heavy atom. The van der Waals surface area contributed by atoms with Gasteiger partial charge in [-0.15, -0.1) is 0 Å². The lowest BCUT2D eigenvalue weighted by molar-refractivity contribution is 0.217. The molecular weight excluding hydrogens is 292 g/mol. The molecule has 2 amide bonds. The Balaban J connectivity index is 1.61. The Morgan fingerprint density at radius 1 is 1.30 bits per heavy atom. The number of aliphatic hydroxyl groups is 1. The number of aromatic nitrogens is 2. The molecule has 1 saturated carbocycles. The minimum absolute atomic E-state index is 0.0325. The SMILES string of the molecule is C[C@@H]1CCCC[C@@H]1NC(=O)N[C@@H]1CCCc2c1cnn2CCO. The summed E-state index contributed by atoms with van der Waals surface area (Å²) in [7, 11) is 0. The molecule has 1 aromatic rings. The third kappa shape index (κ3) is 3.68. The average Bonchev–Trinajstić information content (AvgIpc) is 2.94. The van der Waals surface area contributed by atoms with Crippen molar-refractivity contribution in [2.45, 2.75) is 70.5 Å². The molecule has 3 rings (SSSR count). The van der Waals surface area contributed by atoms with Gasteiger partial charge in [0, 0.05) is 17.3 Å². The van der Waals surface area contributed by atoms with Gasteiger partial charge < -0.3 is 15.7 Å². The van der Waals surface area contributed by atoms with Gasteiger partial charge in [0.05, 0.1) is 25.4 Å². The first-order chi connectivity index (χ1) is 11.2. The molecule has 1 heterocycles. The number of rotatable bonds is 4. The van der Waals surface area contributed by atoms with Crippen LogP contribution in [0.1, 0.15) is 62.7 Å². The summed E-state index contributed by atoms with van der Waals surface area (Å²) >= 11 is 0. The van der Waals surface area contributed by atoms with Gasteiger partial charge in [-0.05, 0) is 38.0 Å². The van der Waals surface area contributed by atoms with Gasteiger partial charge in [0.2, 0.25) is 0 Å². The first kappa shape index (κ1) is 16.3. The van der Waals surface area contributed by atoms with Crippen molar-refractivity contribution in [1.82, 2.24) is 20.4 Å². The third-order valence-corrected chi connectivity index (χ3v) is 5.31. The van der Waals surface area contributed by atoms with Crippen molar-refractivity contribution in [1.29, 1.82) is 0 Å². The van der Waals surface area contributed by atoms with E-state index >= 15 is 0 Å². The van der Waals surface area contributed by atoms with Crippen molar-refractivity contribution in [3.8, 4) is 0 Å². The number of amides is 2. The summed E-state index contributed by atoms with van der Waals surface area (Å²) in [4.78, 5) is 12.4. The third-order valence-electron chi connectivity index (χ3n) is 5.31. The van der Waals surface area contributed by atoms with Crippen molar-refractivity contribution in [2.24, 2.45) is 5.92 Å². The predicted molar refractivity (Wildman–Crippen MR) is 88.1 cm³/mol. The summed E-state index contributed by atoms with van der Waals surface area (Å²) < 4.78 is 1.87. The summed E-state index contributed by atoms with van der Waals surface area (Å²) in [6.07, 6.45) is 9.56. The molecule has 1 fully saturated rings. The standard InChI is InChI=1S/C17H28N4O2/c1-12-5-2-3-6-14(12)19-17(23)20-15-7-4-8-16-13(15)11-18-21(16)9-10-22/h11-12,14-15,22H,2-10H2,1H3,(H2,19,20,23)/t12-,14+,15-/m1/s1. The molecule has 128 valence electrons. The minimum Gasteiger partial charge on any atom is -0.394 e. The quantitative estimate of drug-likeness (QED) is 0.795. The number of hydrogen-bond acceptors (Lipinski definition) is 3. The van der Waals surface area contributed by atoms with E-state index in [9.17, 15) is 4.79 Å². The zero-order valence-electron chi connectivity index (χ0n) is 13.9. The van der Waals surface area contributed by atoms with Crippen LogP contribution in [0.5, 0.6) is 0 Å². The highest BCUT2D eigenvalue weighted by Gasteiger charge is 2.27. The van der Waals surface area contributed by atoms with E-state index in [-0.39, 0.29) is 18.7 Å².